The Hall–Kier alpha value is -3.79. The van der Waals surface area contributed by atoms with E-state index in [1.807, 2.05) is 0 Å². The van der Waals surface area contributed by atoms with E-state index in [2.05, 4.69) is 24.8 Å². The summed E-state index contributed by atoms with van der Waals surface area (Å²) in [4.78, 5) is 36.9. The quantitative estimate of drug-likeness (QED) is 0.212. The fourth-order valence-electron chi connectivity index (χ4n) is 1.07. The summed E-state index contributed by atoms with van der Waals surface area (Å²) in [5.74, 6) is -4.59. The van der Waals surface area contributed by atoms with Crippen molar-refractivity contribution in [2.45, 2.75) is 12.7 Å². The first-order chi connectivity index (χ1) is 10.6. The van der Waals surface area contributed by atoms with Gasteiger partial charge in [-0.2, -0.15) is 0 Å². The summed E-state index contributed by atoms with van der Waals surface area (Å²) in [7, 11) is 0. The Morgan fingerprint density at radius 2 is 1.70 bits per heavy atom. The smallest absolute Gasteiger partial charge is 0.690 e. The van der Waals surface area contributed by atoms with E-state index < -0.39 is 43.9 Å². The standard InChI is InChI=1S/C6H5N7O10/c1-3-4(9-23-8-3)10(15)7-5(14)22-2-6(11(16)17,12(18)19)13(20)21/h2H2,1H3. The molecule has 0 aliphatic carbocycles. The maximum atomic E-state index is 11.3. The lowest BCUT2D eigenvalue weighted by Gasteiger charge is -2.08. The van der Waals surface area contributed by atoms with Crippen LogP contribution in [0.4, 0.5) is 10.6 Å². The van der Waals surface area contributed by atoms with Gasteiger partial charge in [-0.25, -0.2) is 4.79 Å². The van der Waals surface area contributed by atoms with Crippen LogP contribution in [0.15, 0.2) is 9.74 Å². The van der Waals surface area contributed by atoms with Gasteiger partial charge in [0.25, 0.3) is 0 Å². The van der Waals surface area contributed by atoms with Crippen molar-refractivity contribution in [3.63, 3.8) is 0 Å². The van der Waals surface area contributed by atoms with Gasteiger partial charge in [0, 0.05) is 5.11 Å². The predicted molar refractivity (Wildman–Crippen MR) is 59.8 cm³/mol. The van der Waals surface area contributed by atoms with E-state index in [9.17, 15) is 40.3 Å². The maximum absolute atomic E-state index is 11.3. The minimum atomic E-state index is -4.02. The summed E-state index contributed by atoms with van der Waals surface area (Å²) in [6, 6.07) is 0. The number of nitrogens with zero attached hydrogens (tertiary/aromatic N) is 7. The van der Waals surface area contributed by atoms with Gasteiger partial charge in [-0.1, -0.05) is 0 Å². The van der Waals surface area contributed by atoms with E-state index in [1.165, 1.54) is 6.92 Å². The molecule has 0 radical (unpaired) electrons. The van der Waals surface area contributed by atoms with Crippen LogP contribution in [0, 0.1) is 42.5 Å². The lowest BCUT2D eigenvalue weighted by molar-refractivity contribution is -0.970. The van der Waals surface area contributed by atoms with Crippen LogP contribution in [0.5, 0.6) is 0 Å². The summed E-state index contributed by atoms with van der Waals surface area (Å²) >= 11 is 0. The summed E-state index contributed by atoms with van der Waals surface area (Å²) < 4.78 is 8.08. The average Bonchev–Trinajstić information content (AvgIpc) is 2.84. The van der Waals surface area contributed by atoms with Crippen LogP contribution >= 0.6 is 0 Å². The number of aryl methyl sites for hydroxylation is 1. The van der Waals surface area contributed by atoms with Gasteiger partial charge in [0.2, 0.25) is 0 Å². The van der Waals surface area contributed by atoms with Crippen molar-refractivity contribution < 1.29 is 33.8 Å². The first kappa shape index (κ1) is 17.3. The number of aromatic nitrogens is 2. The van der Waals surface area contributed by atoms with Gasteiger partial charge in [0.05, 0.1) is 0 Å². The second-order valence-corrected chi connectivity index (χ2v) is 3.65. The van der Waals surface area contributed by atoms with Crippen LogP contribution in [-0.4, -0.2) is 48.4 Å². The van der Waals surface area contributed by atoms with E-state index in [0.717, 1.165) is 0 Å². The third kappa shape index (κ3) is 3.28. The molecule has 0 saturated heterocycles. The zero-order valence-electron chi connectivity index (χ0n) is 10.9. The Morgan fingerprint density at radius 1 is 1.17 bits per heavy atom. The lowest BCUT2D eigenvalue weighted by atomic mass is 10.4. The molecule has 1 heterocycles. The van der Waals surface area contributed by atoms with Crippen molar-refractivity contribution >= 4 is 11.9 Å². The van der Waals surface area contributed by atoms with Crippen molar-refractivity contribution in [3.8, 4) is 0 Å². The number of amides is 1. The Balaban J connectivity index is 2.93. The van der Waals surface area contributed by atoms with Crippen molar-refractivity contribution in [3.05, 3.63) is 41.2 Å². The number of carbonyl (C=O) groups excluding carboxylic acids is 1. The molecule has 0 bridgehead atoms. The summed E-state index contributed by atoms with van der Waals surface area (Å²) in [5, 5.41) is 52.0. The molecule has 0 saturated carbocycles. The van der Waals surface area contributed by atoms with Crippen molar-refractivity contribution in [1.82, 2.24) is 10.3 Å². The summed E-state index contributed by atoms with van der Waals surface area (Å²) in [6.07, 6.45) is -1.86. The Morgan fingerprint density at radius 3 is 2.09 bits per heavy atom. The van der Waals surface area contributed by atoms with Gasteiger partial charge in [-0.15, -0.1) is 9.49 Å². The fourth-order valence-corrected chi connectivity index (χ4v) is 1.07. The molecular formula is C6H5N7O10. The number of hydrogen-bond donors (Lipinski definition) is 0. The van der Waals surface area contributed by atoms with E-state index in [0.29, 0.717) is 0 Å². The molecule has 1 aromatic rings. The molecule has 124 valence electrons. The largest absolute Gasteiger partial charge is 0.734 e. The molecule has 0 aliphatic rings. The predicted octanol–water partition coefficient (Wildman–Crippen LogP) is -0.407. The SMILES string of the molecule is Cc1nonc1[N+]([O-])=NC(=O)OCC([N+](=O)[O-])([N+](=O)[O-])[N+](=O)[O-]. The molecular weight excluding hydrogens is 330 g/mol. The Bertz CT molecular complexity index is 658. The number of nitro groups is 3. The molecule has 0 spiro atoms. The number of rotatable bonds is 6. The second kappa shape index (κ2) is 6.32. The third-order valence-electron chi connectivity index (χ3n) is 2.25. The van der Waals surface area contributed by atoms with Crippen LogP contribution in [0.25, 0.3) is 0 Å². The molecule has 17 nitrogen and oxygen atoms in total. The highest BCUT2D eigenvalue weighted by Gasteiger charge is 2.72. The number of hydrogen-bond acceptors (Lipinski definition) is 12. The first-order valence-electron chi connectivity index (χ1n) is 5.21. The minimum Gasteiger partial charge on any atom is -0.690 e. The van der Waals surface area contributed by atoms with Crippen molar-refractivity contribution in [2.75, 3.05) is 6.61 Å². The van der Waals surface area contributed by atoms with Crippen LogP contribution in [-0.2, 0) is 4.74 Å². The third-order valence-corrected chi connectivity index (χ3v) is 2.25. The highest BCUT2D eigenvalue weighted by molar-refractivity contribution is 5.66. The number of carbonyl (C=O) groups is 1. The van der Waals surface area contributed by atoms with Gasteiger partial charge < -0.3 is 9.94 Å². The normalized spacial score (nSPS) is 11.8. The maximum Gasteiger partial charge on any atom is 0.734 e. The van der Waals surface area contributed by atoms with Crippen LogP contribution < -0.4 is 0 Å². The molecule has 0 atom stereocenters. The molecule has 1 rings (SSSR count). The molecule has 0 unspecified atom stereocenters. The van der Waals surface area contributed by atoms with Gasteiger partial charge in [0.1, 0.15) is 0 Å². The topological polar surface area (TPSA) is 233 Å². The highest BCUT2D eigenvalue weighted by Crippen LogP contribution is 2.15. The Labute approximate surface area is 123 Å². The van der Waals surface area contributed by atoms with E-state index >= 15 is 0 Å². The lowest BCUT2D eigenvalue weighted by Crippen LogP contribution is -2.57. The van der Waals surface area contributed by atoms with Crippen molar-refractivity contribution in [2.24, 2.45) is 5.11 Å². The number of ether oxygens (including phenoxy) is 1. The van der Waals surface area contributed by atoms with Crippen LogP contribution in [0.1, 0.15) is 5.69 Å². The zero-order valence-corrected chi connectivity index (χ0v) is 10.9. The summed E-state index contributed by atoms with van der Waals surface area (Å²) in [6.45, 7) is -0.638. The molecule has 0 aromatic carbocycles. The van der Waals surface area contributed by atoms with Gasteiger partial charge in [-0.3, -0.25) is 30.3 Å². The second-order valence-electron chi connectivity index (χ2n) is 3.65. The first-order valence-corrected chi connectivity index (χ1v) is 5.21. The van der Waals surface area contributed by atoms with E-state index in [-0.39, 0.29) is 5.69 Å². The van der Waals surface area contributed by atoms with Crippen molar-refractivity contribution in [1.29, 1.82) is 0 Å². The van der Waals surface area contributed by atoms with Gasteiger partial charge in [-0.05, 0) is 12.1 Å². The van der Waals surface area contributed by atoms with Gasteiger partial charge >= 0.3 is 24.3 Å². The molecule has 0 aliphatic heterocycles. The average molecular weight is 335 g/mol. The van der Waals surface area contributed by atoms with Crippen LogP contribution in [0.2, 0.25) is 0 Å². The zero-order chi connectivity index (χ0) is 17.8. The highest BCUT2D eigenvalue weighted by atomic mass is 16.7. The van der Waals surface area contributed by atoms with Crippen LogP contribution in [0.3, 0.4) is 0 Å². The minimum absolute atomic E-state index is 0.0771. The van der Waals surface area contributed by atoms with E-state index in [4.69, 9.17) is 0 Å². The Kier molecular flexibility index (Phi) is 4.74. The molecule has 23 heavy (non-hydrogen) atoms. The molecule has 0 N–H and O–H groups in total. The number of azo groups is 1. The van der Waals surface area contributed by atoms with Gasteiger partial charge in [0.15, 0.2) is 25.6 Å². The molecule has 17 heteroatoms. The molecule has 1 aromatic heterocycles. The fraction of sp³-hybridized carbons (Fsp3) is 0.500. The van der Waals surface area contributed by atoms with E-state index in [1.54, 1.807) is 0 Å². The monoisotopic (exact) mass is 335 g/mol. The molecule has 1 amide bonds. The molecule has 0 fully saturated rings. The summed E-state index contributed by atoms with van der Waals surface area (Å²) in [5.41, 5.74) is -0.0771.